The van der Waals surface area contributed by atoms with E-state index in [-0.39, 0.29) is 34.9 Å². The van der Waals surface area contributed by atoms with Gasteiger partial charge in [-0.1, -0.05) is 55.2 Å². The molecule has 0 aliphatic heterocycles. The first-order chi connectivity index (χ1) is 17.1. The molecule has 190 valence electrons. The van der Waals surface area contributed by atoms with Crippen LogP contribution in [0, 0.1) is 0 Å². The minimum Gasteiger partial charge on any atom is -0.335 e. The standard InChI is InChI=1S/C27H28Cl2N2O4S/c1-4-25(23-15-10-20(28)17-24(23)29)31(3)27(33)19-8-11-21(12-9-19)30-26(32)16-18-6-13-22(14-7-18)36(34,35)5-2/h6-15,17,25H,4-5,16H2,1-3H3,(H,30,32). The Kier molecular flexibility index (Phi) is 9.17. The molecule has 0 spiro atoms. The molecular formula is C27H28Cl2N2O4S. The number of benzene rings is 3. The SMILES string of the molecule is CCC(c1ccc(Cl)cc1Cl)N(C)C(=O)c1ccc(NC(=O)Cc2ccc(S(=O)(=O)CC)cc2)cc1. The smallest absolute Gasteiger partial charge is 0.254 e. The summed E-state index contributed by atoms with van der Waals surface area (Å²) in [7, 11) is -1.55. The molecule has 0 heterocycles. The molecule has 3 aromatic carbocycles. The molecule has 9 heteroatoms. The van der Waals surface area contributed by atoms with E-state index in [4.69, 9.17) is 23.2 Å². The molecule has 1 unspecified atom stereocenters. The Bertz CT molecular complexity index is 1340. The van der Waals surface area contributed by atoms with Crippen LogP contribution in [0.3, 0.4) is 0 Å². The van der Waals surface area contributed by atoms with Crippen molar-refractivity contribution in [2.45, 2.75) is 37.6 Å². The van der Waals surface area contributed by atoms with Gasteiger partial charge >= 0.3 is 0 Å². The number of sulfone groups is 1. The predicted molar refractivity (Wildman–Crippen MR) is 145 cm³/mol. The fraction of sp³-hybridized carbons (Fsp3) is 0.259. The van der Waals surface area contributed by atoms with Crippen LogP contribution < -0.4 is 5.32 Å². The van der Waals surface area contributed by atoms with Crippen LogP contribution in [0.4, 0.5) is 5.69 Å². The lowest BCUT2D eigenvalue weighted by Gasteiger charge is -2.28. The van der Waals surface area contributed by atoms with E-state index in [2.05, 4.69) is 5.32 Å². The maximum atomic E-state index is 13.1. The van der Waals surface area contributed by atoms with Crippen LogP contribution in [0.15, 0.2) is 71.6 Å². The van der Waals surface area contributed by atoms with Crippen LogP contribution in [-0.2, 0) is 21.1 Å². The molecule has 0 bridgehead atoms. The summed E-state index contributed by atoms with van der Waals surface area (Å²) in [4.78, 5) is 27.5. The van der Waals surface area contributed by atoms with E-state index >= 15 is 0 Å². The highest BCUT2D eigenvalue weighted by atomic mass is 35.5. The Morgan fingerprint density at radius 2 is 1.58 bits per heavy atom. The van der Waals surface area contributed by atoms with E-state index in [1.54, 1.807) is 67.4 Å². The second-order valence-corrected chi connectivity index (χ2v) is 11.5. The highest BCUT2D eigenvalue weighted by molar-refractivity contribution is 7.91. The number of rotatable bonds is 9. The van der Waals surface area contributed by atoms with Crippen molar-refractivity contribution in [3.8, 4) is 0 Å². The molecule has 0 aromatic heterocycles. The zero-order valence-corrected chi connectivity index (χ0v) is 22.6. The van der Waals surface area contributed by atoms with Gasteiger partial charge in [-0.05, 0) is 66.1 Å². The maximum absolute atomic E-state index is 13.1. The number of nitrogens with zero attached hydrogens (tertiary/aromatic N) is 1. The molecule has 36 heavy (non-hydrogen) atoms. The van der Waals surface area contributed by atoms with Crippen molar-refractivity contribution in [2.24, 2.45) is 0 Å². The zero-order valence-electron chi connectivity index (χ0n) is 20.3. The lowest BCUT2D eigenvalue weighted by molar-refractivity contribution is -0.115. The zero-order chi connectivity index (χ0) is 26.5. The fourth-order valence-corrected chi connectivity index (χ4v) is 5.31. The molecule has 3 aromatic rings. The molecule has 0 saturated heterocycles. The van der Waals surface area contributed by atoms with Crippen LogP contribution >= 0.6 is 23.2 Å². The van der Waals surface area contributed by atoms with Crippen molar-refractivity contribution in [3.63, 3.8) is 0 Å². The van der Waals surface area contributed by atoms with Crippen molar-refractivity contribution >= 4 is 50.5 Å². The molecule has 0 fully saturated rings. The van der Waals surface area contributed by atoms with E-state index in [1.165, 1.54) is 12.1 Å². The Morgan fingerprint density at radius 3 is 2.14 bits per heavy atom. The third-order valence-electron chi connectivity index (χ3n) is 5.94. The first-order valence-corrected chi connectivity index (χ1v) is 13.9. The lowest BCUT2D eigenvalue weighted by atomic mass is 10.0. The van der Waals surface area contributed by atoms with Gasteiger partial charge in [-0.3, -0.25) is 9.59 Å². The van der Waals surface area contributed by atoms with E-state index in [0.29, 0.717) is 33.3 Å². The molecule has 2 amide bonds. The monoisotopic (exact) mass is 546 g/mol. The van der Waals surface area contributed by atoms with Gasteiger partial charge in [0.05, 0.1) is 23.1 Å². The van der Waals surface area contributed by atoms with Gasteiger partial charge in [0.15, 0.2) is 9.84 Å². The second-order valence-electron chi connectivity index (χ2n) is 8.36. The molecule has 1 N–H and O–H groups in total. The normalized spacial score (nSPS) is 12.1. The molecule has 0 radical (unpaired) electrons. The highest BCUT2D eigenvalue weighted by Gasteiger charge is 2.23. The number of carbonyl (C=O) groups is 2. The molecule has 1 atom stereocenters. The maximum Gasteiger partial charge on any atom is 0.254 e. The third kappa shape index (κ3) is 6.66. The Balaban J connectivity index is 1.64. The number of anilines is 1. The van der Waals surface area contributed by atoms with Gasteiger partial charge in [0, 0.05) is 28.3 Å². The van der Waals surface area contributed by atoms with Gasteiger partial charge in [0.25, 0.3) is 5.91 Å². The van der Waals surface area contributed by atoms with E-state index in [0.717, 1.165) is 5.56 Å². The van der Waals surface area contributed by atoms with Crippen LogP contribution in [0.1, 0.15) is 47.8 Å². The van der Waals surface area contributed by atoms with E-state index in [9.17, 15) is 18.0 Å². The summed E-state index contributed by atoms with van der Waals surface area (Å²) >= 11 is 12.4. The van der Waals surface area contributed by atoms with Crippen molar-refractivity contribution in [2.75, 3.05) is 18.1 Å². The van der Waals surface area contributed by atoms with Crippen LogP contribution in [0.5, 0.6) is 0 Å². The molecule has 0 saturated carbocycles. The summed E-state index contributed by atoms with van der Waals surface area (Å²) in [5.74, 6) is -0.400. The first kappa shape index (κ1) is 27.7. The Hall–Kier alpha value is -2.87. The lowest BCUT2D eigenvalue weighted by Crippen LogP contribution is -2.31. The average Bonchev–Trinajstić information content (AvgIpc) is 2.86. The molecule has 3 rings (SSSR count). The second kappa shape index (κ2) is 11.9. The van der Waals surface area contributed by atoms with Crippen molar-refractivity contribution < 1.29 is 18.0 Å². The van der Waals surface area contributed by atoms with E-state index in [1.807, 2.05) is 13.0 Å². The van der Waals surface area contributed by atoms with E-state index < -0.39 is 9.84 Å². The molecule has 0 aliphatic carbocycles. The van der Waals surface area contributed by atoms with Gasteiger partial charge in [0.1, 0.15) is 0 Å². The third-order valence-corrected chi connectivity index (χ3v) is 8.25. The quantitative estimate of drug-likeness (QED) is 0.346. The Labute approximate surface area is 222 Å². The van der Waals surface area contributed by atoms with Crippen LogP contribution in [-0.4, -0.2) is 37.9 Å². The number of carbonyl (C=O) groups excluding carboxylic acids is 2. The number of nitrogens with one attached hydrogen (secondary N) is 1. The summed E-state index contributed by atoms with van der Waals surface area (Å²) in [6, 6.07) is 18.0. The molecular weight excluding hydrogens is 519 g/mol. The summed E-state index contributed by atoms with van der Waals surface area (Å²) in [6.45, 7) is 3.57. The van der Waals surface area contributed by atoms with Gasteiger partial charge < -0.3 is 10.2 Å². The summed E-state index contributed by atoms with van der Waals surface area (Å²) < 4.78 is 23.9. The van der Waals surface area contributed by atoms with Gasteiger partial charge in [-0.2, -0.15) is 0 Å². The predicted octanol–water partition coefficient (Wildman–Crippen LogP) is 6.19. The Morgan fingerprint density at radius 1 is 0.944 bits per heavy atom. The largest absolute Gasteiger partial charge is 0.335 e. The van der Waals surface area contributed by atoms with Gasteiger partial charge in [0.2, 0.25) is 5.91 Å². The molecule has 6 nitrogen and oxygen atoms in total. The van der Waals surface area contributed by atoms with Crippen LogP contribution in [0.25, 0.3) is 0 Å². The summed E-state index contributed by atoms with van der Waals surface area (Å²) in [6.07, 6.45) is 0.763. The summed E-state index contributed by atoms with van der Waals surface area (Å²) in [5, 5.41) is 3.84. The highest BCUT2D eigenvalue weighted by Crippen LogP contribution is 2.32. The number of amides is 2. The molecule has 0 aliphatic rings. The number of halogens is 2. The number of hydrogen-bond acceptors (Lipinski definition) is 4. The minimum atomic E-state index is -3.28. The van der Waals surface area contributed by atoms with Crippen molar-refractivity contribution in [3.05, 3.63) is 93.5 Å². The minimum absolute atomic E-state index is 0.0229. The topological polar surface area (TPSA) is 83.6 Å². The van der Waals surface area contributed by atoms with Crippen molar-refractivity contribution in [1.82, 2.24) is 4.90 Å². The van der Waals surface area contributed by atoms with Crippen molar-refractivity contribution in [1.29, 1.82) is 0 Å². The first-order valence-electron chi connectivity index (χ1n) is 11.5. The van der Waals surface area contributed by atoms with Gasteiger partial charge in [-0.25, -0.2) is 8.42 Å². The van der Waals surface area contributed by atoms with Crippen LogP contribution in [0.2, 0.25) is 10.0 Å². The fourth-order valence-electron chi connectivity index (χ4n) is 3.89. The average molecular weight is 548 g/mol. The van der Waals surface area contributed by atoms with Gasteiger partial charge in [-0.15, -0.1) is 0 Å². The summed E-state index contributed by atoms with van der Waals surface area (Å²) in [5.41, 5.74) is 2.55. The number of hydrogen-bond donors (Lipinski definition) is 1.